The first kappa shape index (κ1) is 18.4. The van der Waals surface area contributed by atoms with Gasteiger partial charge in [-0.1, -0.05) is 32.1 Å². The van der Waals surface area contributed by atoms with Crippen molar-refractivity contribution >= 4 is 16.5 Å². The first-order valence-corrected chi connectivity index (χ1v) is 8.02. The van der Waals surface area contributed by atoms with E-state index in [1.54, 1.807) is 25.6 Å². The van der Waals surface area contributed by atoms with Crippen molar-refractivity contribution < 1.29 is 14.6 Å². The van der Waals surface area contributed by atoms with Gasteiger partial charge in [-0.15, -0.1) is 0 Å². The van der Waals surface area contributed by atoms with E-state index in [1.807, 2.05) is 0 Å². The smallest absolute Gasteiger partial charge is 0.186 e. The SMILES string of the molecule is COCCN(c1nc(C(C)(C)C)c(CO)s1)C(C)COC. The predicted octanol–water partition coefficient (Wildman–Crippen LogP) is 2.42. The van der Waals surface area contributed by atoms with Crippen LogP contribution in [0.5, 0.6) is 0 Å². The average molecular weight is 316 g/mol. The molecule has 5 nitrogen and oxygen atoms in total. The molecule has 1 aromatic rings. The Hall–Kier alpha value is -0.690. The summed E-state index contributed by atoms with van der Waals surface area (Å²) in [6.07, 6.45) is 0. The van der Waals surface area contributed by atoms with Crippen LogP contribution in [-0.2, 0) is 21.5 Å². The fourth-order valence-electron chi connectivity index (χ4n) is 2.18. The molecule has 0 aliphatic carbocycles. The minimum Gasteiger partial charge on any atom is -0.391 e. The summed E-state index contributed by atoms with van der Waals surface area (Å²) in [5.74, 6) is 0. The van der Waals surface area contributed by atoms with Gasteiger partial charge in [-0.05, 0) is 6.92 Å². The Balaban J connectivity index is 3.09. The highest BCUT2D eigenvalue weighted by molar-refractivity contribution is 7.15. The van der Waals surface area contributed by atoms with Crippen molar-refractivity contribution in [3.8, 4) is 0 Å². The molecule has 0 saturated carbocycles. The van der Waals surface area contributed by atoms with E-state index >= 15 is 0 Å². The van der Waals surface area contributed by atoms with Crippen molar-refractivity contribution in [1.29, 1.82) is 0 Å². The quantitative estimate of drug-likeness (QED) is 0.798. The molecule has 1 rings (SSSR count). The minimum absolute atomic E-state index is 0.0288. The number of thiazole rings is 1. The molecule has 0 radical (unpaired) electrons. The normalized spacial score (nSPS) is 13.5. The Labute approximate surface area is 131 Å². The summed E-state index contributed by atoms with van der Waals surface area (Å²) in [7, 11) is 3.40. The Bertz CT molecular complexity index is 429. The number of anilines is 1. The van der Waals surface area contributed by atoms with Gasteiger partial charge in [0.1, 0.15) is 0 Å². The number of hydrogen-bond donors (Lipinski definition) is 1. The van der Waals surface area contributed by atoms with E-state index in [4.69, 9.17) is 14.5 Å². The van der Waals surface area contributed by atoms with Gasteiger partial charge in [-0.25, -0.2) is 4.98 Å². The van der Waals surface area contributed by atoms with Gasteiger partial charge < -0.3 is 19.5 Å². The molecule has 6 heteroatoms. The Morgan fingerprint density at radius 2 is 1.95 bits per heavy atom. The summed E-state index contributed by atoms with van der Waals surface area (Å²) in [5.41, 5.74) is 0.890. The lowest BCUT2D eigenvalue weighted by molar-refractivity contribution is 0.171. The Morgan fingerprint density at radius 1 is 1.29 bits per heavy atom. The number of aliphatic hydroxyl groups excluding tert-OH is 1. The van der Waals surface area contributed by atoms with E-state index in [0.29, 0.717) is 13.2 Å². The van der Waals surface area contributed by atoms with Gasteiger partial charge in [0, 0.05) is 26.2 Å². The maximum atomic E-state index is 9.60. The van der Waals surface area contributed by atoms with Crippen molar-refractivity contribution in [1.82, 2.24) is 4.98 Å². The van der Waals surface area contributed by atoms with Crippen LogP contribution in [0.1, 0.15) is 38.3 Å². The molecule has 122 valence electrons. The number of ether oxygens (including phenoxy) is 2. The molecule has 21 heavy (non-hydrogen) atoms. The molecule has 0 saturated heterocycles. The topological polar surface area (TPSA) is 54.8 Å². The third kappa shape index (κ3) is 4.92. The van der Waals surface area contributed by atoms with Crippen molar-refractivity contribution in [2.75, 3.05) is 38.9 Å². The molecule has 0 bridgehead atoms. The van der Waals surface area contributed by atoms with Gasteiger partial charge in [0.05, 0.1) is 36.4 Å². The molecule has 0 aromatic carbocycles. The van der Waals surface area contributed by atoms with Crippen molar-refractivity contribution in [3.63, 3.8) is 0 Å². The zero-order valence-electron chi connectivity index (χ0n) is 14.0. The second-order valence-electron chi connectivity index (χ2n) is 6.17. The lowest BCUT2D eigenvalue weighted by atomic mass is 9.91. The van der Waals surface area contributed by atoms with Gasteiger partial charge in [0.2, 0.25) is 0 Å². The van der Waals surface area contributed by atoms with Crippen LogP contribution < -0.4 is 4.90 Å². The number of aliphatic hydroxyl groups is 1. The maximum absolute atomic E-state index is 9.60. The fourth-order valence-corrected chi connectivity index (χ4v) is 3.44. The number of rotatable bonds is 8. The van der Waals surface area contributed by atoms with E-state index in [1.165, 1.54) is 0 Å². The molecule has 0 amide bonds. The molecule has 1 atom stereocenters. The van der Waals surface area contributed by atoms with Crippen LogP contribution in [0.2, 0.25) is 0 Å². The molecule has 0 aliphatic rings. The van der Waals surface area contributed by atoms with Gasteiger partial charge in [0.15, 0.2) is 5.13 Å². The molecular weight excluding hydrogens is 288 g/mol. The van der Waals surface area contributed by atoms with Crippen LogP contribution in [0.4, 0.5) is 5.13 Å². The largest absolute Gasteiger partial charge is 0.391 e. The van der Waals surface area contributed by atoms with Gasteiger partial charge in [0.25, 0.3) is 0 Å². The van der Waals surface area contributed by atoms with Crippen LogP contribution in [0.3, 0.4) is 0 Å². The van der Waals surface area contributed by atoms with Gasteiger partial charge in [-0.2, -0.15) is 0 Å². The molecule has 0 aliphatic heterocycles. The van der Waals surface area contributed by atoms with E-state index < -0.39 is 0 Å². The second kappa shape index (κ2) is 8.08. The summed E-state index contributed by atoms with van der Waals surface area (Å²) in [6, 6.07) is 0.204. The van der Waals surface area contributed by atoms with Gasteiger partial charge >= 0.3 is 0 Å². The van der Waals surface area contributed by atoms with Crippen molar-refractivity contribution in [2.45, 2.75) is 45.8 Å². The van der Waals surface area contributed by atoms with E-state index in [0.717, 1.165) is 22.2 Å². The van der Waals surface area contributed by atoms with Crippen LogP contribution in [-0.4, -0.2) is 50.1 Å². The highest BCUT2D eigenvalue weighted by atomic mass is 32.1. The van der Waals surface area contributed by atoms with E-state index in [9.17, 15) is 5.11 Å². The monoisotopic (exact) mass is 316 g/mol. The zero-order valence-corrected chi connectivity index (χ0v) is 14.8. The summed E-state index contributed by atoms with van der Waals surface area (Å²) < 4.78 is 10.5. The first-order chi connectivity index (χ1) is 9.85. The zero-order chi connectivity index (χ0) is 16.0. The van der Waals surface area contributed by atoms with Crippen molar-refractivity contribution in [3.05, 3.63) is 10.6 Å². The Morgan fingerprint density at radius 3 is 2.38 bits per heavy atom. The lowest BCUT2D eigenvalue weighted by Crippen LogP contribution is -2.38. The highest BCUT2D eigenvalue weighted by Gasteiger charge is 2.26. The summed E-state index contributed by atoms with van der Waals surface area (Å²) in [5, 5.41) is 10.5. The molecule has 0 spiro atoms. The molecule has 1 N–H and O–H groups in total. The third-order valence-electron chi connectivity index (χ3n) is 3.26. The van der Waals surface area contributed by atoms with E-state index in [-0.39, 0.29) is 18.1 Å². The average Bonchev–Trinajstić information content (AvgIpc) is 2.83. The maximum Gasteiger partial charge on any atom is 0.186 e. The summed E-state index contributed by atoms with van der Waals surface area (Å²) in [4.78, 5) is 7.90. The standard InChI is InChI=1S/C15H28N2O3S/c1-11(10-20-6)17(7-8-19-5)14-16-13(15(2,3)4)12(9-18)21-14/h11,18H,7-10H2,1-6H3. The molecule has 1 unspecified atom stereocenters. The Kier molecular flexibility index (Phi) is 7.06. The first-order valence-electron chi connectivity index (χ1n) is 7.20. The predicted molar refractivity (Wildman–Crippen MR) is 87.3 cm³/mol. The van der Waals surface area contributed by atoms with Crippen LogP contribution in [0.25, 0.3) is 0 Å². The molecule has 0 fully saturated rings. The highest BCUT2D eigenvalue weighted by Crippen LogP contribution is 2.34. The summed E-state index contributed by atoms with van der Waals surface area (Å²) >= 11 is 1.55. The second-order valence-corrected chi connectivity index (χ2v) is 7.23. The molecular formula is C15H28N2O3S. The lowest BCUT2D eigenvalue weighted by Gasteiger charge is -2.28. The molecule has 1 heterocycles. The number of nitrogens with zero attached hydrogens (tertiary/aromatic N) is 2. The van der Waals surface area contributed by atoms with Crippen molar-refractivity contribution in [2.24, 2.45) is 0 Å². The molecule has 1 aromatic heterocycles. The van der Waals surface area contributed by atoms with Crippen LogP contribution in [0, 0.1) is 0 Å². The van der Waals surface area contributed by atoms with Gasteiger partial charge in [-0.3, -0.25) is 0 Å². The third-order valence-corrected chi connectivity index (χ3v) is 4.34. The number of methoxy groups -OCH3 is 2. The van der Waals surface area contributed by atoms with Crippen LogP contribution >= 0.6 is 11.3 Å². The summed E-state index contributed by atoms with van der Waals surface area (Å²) in [6.45, 7) is 10.5. The number of aromatic nitrogens is 1. The van der Waals surface area contributed by atoms with Crippen LogP contribution in [0.15, 0.2) is 0 Å². The van der Waals surface area contributed by atoms with E-state index in [2.05, 4.69) is 32.6 Å². The fraction of sp³-hybridized carbons (Fsp3) is 0.800. The minimum atomic E-state index is -0.0791. The number of hydrogen-bond acceptors (Lipinski definition) is 6.